The van der Waals surface area contributed by atoms with Gasteiger partial charge in [-0.15, -0.1) is 0 Å². The van der Waals surface area contributed by atoms with Crippen LogP contribution in [0.5, 0.6) is 0 Å². The lowest BCUT2D eigenvalue weighted by atomic mass is 10.0. The zero-order valence-electron chi connectivity index (χ0n) is 9.64. The van der Waals surface area contributed by atoms with Crippen LogP contribution in [0.1, 0.15) is 20.8 Å². The summed E-state index contributed by atoms with van der Waals surface area (Å²) in [4.78, 5) is 0. The maximum atomic E-state index is 11.9. The molecule has 15 heavy (non-hydrogen) atoms. The summed E-state index contributed by atoms with van der Waals surface area (Å²) in [7, 11) is -3.20. The third kappa shape index (κ3) is 3.74. The molecule has 0 N–H and O–H groups in total. The molecular formula is C10H20NO3S. The second-order valence-electron chi connectivity index (χ2n) is 4.30. The number of hydrogen-bond donors (Lipinski definition) is 0. The summed E-state index contributed by atoms with van der Waals surface area (Å²) < 4.78 is 30.5. The van der Waals surface area contributed by atoms with Gasteiger partial charge < -0.3 is 4.74 Å². The van der Waals surface area contributed by atoms with Crippen LogP contribution in [0.2, 0.25) is 0 Å². The summed E-state index contributed by atoms with van der Waals surface area (Å²) in [6.45, 7) is 7.94. The van der Waals surface area contributed by atoms with E-state index >= 15 is 0 Å². The molecule has 4 nitrogen and oxygen atoms in total. The molecule has 1 aliphatic heterocycles. The highest BCUT2D eigenvalue weighted by atomic mass is 32.2. The van der Waals surface area contributed by atoms with E-state index in [9.17, 15) is 8.42 Å². The third-order valence-electron chi connectivity index (χ3n) is 2.77. The molecule has 1 atom stereocenters. The molecule has 0 spiro atoms. The summed E-state index contributed by atoms with van der Waals surface area (Å²) in [5, 5.41) is 0. The van der Waals surface area contributed by atoms with Crippen molar-refractivity contribution in [2.45, 2.75) is 20.8 Å². The van der Waals surface area contributed by atoms with E-state index in [1.807, 2.05) is 20.8 Å². The van der Waals surface area contributed by atoms with Gasteiger partial charge in [0.1, 0.15) is 0 Å². The van der Waals surface area contributed by atoms with Crippen LogP contribution in [0, 0.1) is 17.6 Å². The summed E-state index contributed by atoms with van der Waals surface area (Å²) in [5.74, 6) is 1.89. The van der Waals surface area contributed by atoms with E-state index in [4.69, 9.17) is 4.74 Å². The minimum absolute atomic E-state index is 0.0813. The van der Waals surface area contributed by atoms with Crippen LogP contribution in [-0.2, 0) is 14.8 Å². The van der Waals surface area contributed by atoms with Crippen molar-refractivity contribution in [3.8, 4) is 0 Å². The molecule has 5 heteroatoms. The molecule has 1 rings (SSSR count). The van der Waals surface area contributed by atoms with Crippen molar-refractivity contribution in [1.29, 1.82) is 0 Å². The normalized spacial score (nSPS) is 21.9. The molecule has 0 aliphatic carbocycles. The highest BCUT2D eigenvalue weighted by molar-refractivity contribution is 7.91. The van der Waals surface area contributed by atoms with Crippen LogP contribution >= 0.6 is 0 Å². The Kier molecular flexibility index (Phi) is 4.55. The Morgan fingerprint density at radius 3 is 2.20 bits per heavy atom. The maximum Gasteiger partial charge on any atom is 0.218 e. The number of morpholine rings is 1. The molecule has 0 aromatic carbocycles. The second kappa shape index (κ2) is 5.27. The van der Waals surface area contributed by atoms with Gasteiger partial charge in [-0.25, -0.2) is 8.42 Å². The molecule has 0 aromatic heterocycles. The molecule has 0 bridgehead atoms. The van der Waals surface area contributed by atoms with Crippen LogP contribution in [-0.4, -0.2) is 39.0 Å². The number of nitrogens with zero attached hydrogens (tertiary/aromatic N) is 1. The predicted molar refractivity (Wildman–Crippen MR) is 59.6 cm³/mol. The predicted octanol–water partition coefficient (Wildman–Crippen LogP) is 1.10. The average molecular weight is 234 g/mol. The molecule has 0 saturated carbocycles. The number of ether oxygens (including phenoxy) is 1. The van der Waals surface area contributed by atoms with Crippen molar-refractivity contribution in [1.82, 2.24) is 4.31 Å². The Bertz CT molecular complexity index is 281. The van der Waals surface area contributed by atoms with E-state index in [0.717, 1.165) is 0 Å². The van der Waals surface area contributed by atoms with Gasteiger partial charge in [0, 0.05) is 13.1 Å². The molecular weight excluding hydrogens is 214 g/mol. The second-order valence-corrected chi connectivity index (χ2v) is 6.11. The Labute approximate surface area is 92.7 Å². The fourth-order valence-corrected chi connectivity index (χ4v) is 3.00. The van der Waals surface area contributed by atoms with E-state index < -0.39 is 10.0 Å². The Morgan fingerprint density at radius 2 is 1.73 bits per heavy atom. The Hall–Kier alpha value is -0.130. The summed E-state index contributed by atoms with van der Waals surface area (Å²) in [6, 6.07) is 0. The monoisotopic (exact) mass is 234 g/mol. The van der Waals surface area contributed by atoms with Crippen LogP contribution in [0.3, 0.4) is 0 Å². The van der Waals surface area contributed by atoms with Crippen molar-refractivity contribution in [2.75, 3.05) is 26.3 Å². The van der Waals surface area contributed by atoms with Gasteiger partial charge in [0.05, 0.1) is 19.0 Å². The molecule has 1 heterocycles. The van der Waals surface area contributed by atoms with Crippen molar-refractivity contribution in [2.24, 2.45) is 11.8 Å². The fourth-order valence-electron chi connectivity index (χ4n) is 1.32. The van der Waals surface area contributed by atoms with E-state index in [0.29, 0.717) is 32.2 Å². The molecule has 1 fully saturated rings. The highest BCUT2D eigenvalue weighted by Crippen LogP contribution is 2.19. The van der Waals surface area contributed by atoms with Gasteiger partial charge in [-0.05, 0) is 11.8 Å². The van der Waals surface area contributed by atoms with Gasteiger partial charge in [-0.3, -0.25) is 0 Å². The van der Waals surface area contributed by atoms with Gasteiger partial charge in [0.15, 0.2) is 0 Å². The van der Waals surface area contributed by atoms with Crippen molar-refractivity contribution < 1.29 is 13.2 Å². The van der Waals surface area contributed by atoms with Gasteiger partial charge in [-0.1, -0.05) is 20.8 Å². The largest absolute Gasteiger partial charge is 0.379 e. The number of hydrogen-bond acceptors (Lipinski definition) is 3. The van der Waals surface area contributed by atoms with Gasteiger partial charge >= 0.3 is 0 Å². The first kappa shape index (κ1) is 12.9. The van der Waals surface area contributed by atoms with Crippen LogP contribution in [0.4, 0.5) is 0 Å². The first-order valence-electron chi connectivity index (χ1n) is 5.36. The van der Waals surface area contributed by atoms with Gasteiger partial charge in [0.2, 0.25) is 10.0 Å². The highest BCUT2D eigenvalue weighted by Gasteiger charge is 2.27. The molecule has 0 amide bonds. The van der Waals surface area contributed by atoms with Crippen LogP contribution < -0.4 is 0 Å². The Morgan fingerprint density at radius 1 is 1.20 bits per heavy atom. The van der Waals surface area contributed by atoms with Crippen molar-refractivity contribution in [3.63, 3.8) is 0 Å². The zero-order chi connectivity index (χ0) is 11.5. The SMILES string of the molecule is CC(C)C(C)[CH]S(=O)(=O)N1CCOCC1. The smallest absolute Gasteiger partial charge is 0.218 e. The van der Waals surface area contributed by atoms with Gasteiger partial charge in [0.25, 0.3) is 0 Å². The first-order chi connectivity index (χ1) is 6.93. The lowest BCUT2D eigenvalue weighted by Gasteiger charge is -2.27. The summed E-state index contributed by atoms with van der Waals surface area (Å²) in [5.41, 5.74) is 0. The maximum absolute atomic E-state index is 11.9. The van der Waals surface area contributed by atoms with E-state index in [1.54, 1.807) is 0 Å². The van der Waals surface area contributed by atoms with Crippen LogP contribution in [0.15, 0.2) is 0 Å². The quantitative estimate of drug-likeness (QED) is 0.732. The summed E-state index contributed by atoms with van der Waals surface area (Å²) in [6.07, 6.45) is 0. The van der Waals surface area contributed by atoms with E-state index in [2.05, 4.69) is 0 Å². The van der Waals surface area contributed by atoms with E-state index in [1.165, 1.54) is 10.1 Å². The lowest BCUT2D eigenvalue weighted by Crippen LogP contribution is -2.41. The molecule has 0 aromatic rings. The zero-order valence-corrected chi connectivity index (χ0v) is 10.5. The molecule has 1 aliphatic rings. The van der Waals surface area contributed by atoms with Crippen molar-refractivity contribution >= 4 is 10.0 Å². The standard InChI is InChI=1S/C10H20NO3S/c1-9(2)10(3)8-15(12,13)11-4-6-14-7-5-11/h8-10H,4-7H2,1-3H3. The molecule has 1 radical (unpaired) electrons. The first-order valence-corrected chi connectivity index (χ1v) is 6.86. The van der Waals surface area contributed by atoms with Crippen molar-refractivity contribution in [3.05, 3.63) is 5.75 Å². The Balaban J connectivity index is 2.57. The van der Waals surface area contributed by atoms with Crippen LogP contribution in [0.25, 0.3) is 0 Å². The molecule has 1 saturated heterocycles. The number of sulfonamides is 1. The summed E-state index contributed by atoms with van der Waals surface area (Å²) >= 11 is 0. The fraction of sp³-hybridized carbons (Fsp3) is 0.900. The average Bonchev–Trinajstić information content (AvgIpc) is 2.18. The van der Waals surface area contributed by atoms with E-state index in [-0.39, 0.29) is 5.92 Å². The molecule has 89 valence electrons. The minimum atomic E-state index is -3.20. The lowest BCUT2D eigenvalue weighted by molar-refractivity contribution is 0.0732. The third-order valence-corrected chi connectivity index (χ3v) is 4.63. The molecule has 1 unspecified atom stereocenters. The minimum Gasteiger partial charge on any atom is -0.379 e. The topological polar surface area (TPSA) is 46.6 Å². The van der Waals surface area contributed by atoms with Gasteiger partial charge in [-0.2, -0.15) is 4.31 Å². The number of rotatable bonds is 4.